The van der Waals surface area contributed by atoms with E-state index in [1.807, 2.05) is 0 Å². The molecule has 94 valence electrons. The highest BCUT2D eigenvalue weighted by atomic mass is 32.2. The molecule has 0 aromatic carbocycles. The molecular weight excluding hydrogens is 218 g/mol. The van der Waals surface area contributed by atoms with Gasteiger partial charge in [0.25, 0.3) is 0 Å². The first-order chi connectivity index (χ1) is 7.79. The Morgan fingerprint density at radius 1 is 1.19 bits per heavy atom. The van der Waals surface area contributed by atoms with Crippen molar-refractivity contribution in [2.45, 2.75) is 49.5 Å². The third-order valence-electron chi connectivity index (χ3n) is 4.03. The van der Waals surface area contributed by atoms with Crippen LogP contribution in [-0.2, 0) is 4.74 Å². The molecule has 1 saturated carbocycles. The topological polar surface area (TPSA) is 35.2 Å². The fourth-order valence-corrected chi connectivity index (χ4v) is 4.75. The summed E-state index contributed by atoms with van der Waals surface area (Å²) in [5.74, 6) is 1.67. The molecule has 2 rings (SSSR count). The first kappa shape index (κ1) is 12.7. The molecule has 1 aliphatic heterocycles. The average Bonchev–Trinajstić information content (AvgIpc) is 2.31. The van der Waals surface area contributed by atoms with E-state index in [9.17, 15) is 0 Å². The van der Waals surface area contributed by atoms with E-state index in [4.69, 9.17) is 10.5 Å². The molecule has 0 radical (unpaired) electrons. The van der Waals surface area contributed by atoms with Gasteiger partial charge < -0.3 is 10.5 Å². The minimum absolute atomic E-state index is 0.768. The molecule has 3 heteroatoms. The van der Waals surface area contributed by atoms with Gasteiger partial charge in [-0.15, -0.1) is 0 Å². The minimum atomic E-state index is 0.768. The standard InChI is InChI=1S/C13H25NOS/c1-10-2-3-11(9-14)13(8-10)16-12-4-6-15-7-5-12/h10-13H,2-9,14H2,1H3. The maximum absolute atomic E-state index is 5.91. The smallest absolute Gasteiger partial charge is 0.0476 e. The number of hydrogen-bond acceptors (Lipinski definition) is 3. The zero-order valence-corrected chi connectivity index (χ0v) is 11.2. The van der Waals surface area contributed by atoms with Gasteiger partial charge in [-0.2, -0.15) is 11.8 Å². The van der Waals surface area contributed by atoms with E-state index in [0.717, 1.165) is 42.1 Å². The number of hydrogen-bond donors (Lipinski definition) is 1. The molecule has 0 spiro atoms. The van der Waals surface area contributed by atoms with E-state index in [1.165, 1.54) is 32.1 Å². The van der Waals surface area contributed by atoms with Gasteiger partial charge in [-0.1, -0.05) is 13.3 Å². The van der Waals surface area contributed by atoms with E-state index < -0.39 is 0 Å². The van der Waals surface area contributed by atoms with Crippen LogP contribution in [0.1, 0.15) is 39.0 Å². The Morgan fingerprint density at radius 3 is 2.62 bits per heavy atom. The van der Waals surface area contributed by atoms with Gasteiger partial charge in [0.1, 0.15) is 0 Å². The summed E-state index contributed by atoms with van der Waals surface area (Å²) in [6.45, 7) is 5.21. The molecule has 0 bridgehead atoms. The van der Waals surface area contributed by atoms with Crippen LogP contribution >= 0.6 is 11.8 Å². The van der Waals surface area contributed by atoms with Crippen LogP contribution in [0.25, 0.3) is 0 Å². The molecule has 3 atom stereocenters. The Morgan fingerprint density at radius 2 is 1.94 bits per heavy atom. The summed E-state index contributed by atoms with van der Waals surface area (Å²) in [7, 11) is 0. The summed E-state index contributed by atoms with van der Waals surface area (Å²) in [5.41, 5.74) is 5.91. The van der Waals surface area contributed by atoms with Crippen LogP contribution in [0.3, 0.4) is 0 Å². The van der Waals surface area contributed by atoms with Crippen molar-refractivity contribution < 1.29 is 4.74 Å². The van der Waals surface area contributed by atoms with Gasteiger partial charge in [-0.25, -0.2) is 0 Å². The van der Waals surface area contributed by atoms with E-state index in [-0.39, 0.29) is 0 Å². The lowest BCUT2D eigenvalue weighted by atomic mass is 9.82. The van der Waals surface area contributed by atoms with Crippen molar-refractivity contribution >= 4 is 11.8 Å². The van der Waals surface area contributed by atoms with E-state index in [1.54, 1.807) is 0 Å². The fraction of sp³-hybridized carbons (Fsp3) is 1.00. The fourth-order valence-electron chi connectivity index (χ4n) is 2.89. The summed E-state index contributed by atoms with van der Waals surface area (Å²) in [5, 5.41) is 1.65. The third-order valence-corrected chi connectivity index (χ3v) is 5.81. The molecule has 2 nitrogen and oxygen atoms in total. The molecule has 1 heterocycles. The number of ether oxygens (including phenoxy) is 1. The lowest BCUT2D eigenvalue weighted by molar-refractivity contribution is 0.0997. The van der Waals surface area contributed by atoms with Gasteiger partial charge in [0.15, 0.2) is 0 Å². The average molecular weight is 243 g/mol. The number of nitrogens with two attached hydrogens (primary N) is 1. The second-order valence-corrected chi connectivity index (χ2v) is 6.94. The van der Waals surface area contributed by atoms with Crippen molar-refractivity contribution in [2.75, 3.05) is 19.8 Å². The summed E-state index contributed by atoms with van der Waals surface area (Å²) >= 11 is 2.22. The summed E-state index contributed by atoms with van der Waals surface area (Å²) in [6.07, 6.45) is 6.59. The minimum Gasteiger partial charge on any atom is -0.381 e. The van der Waals surface area contributed by atoms with Gasteiger partial charge >= 0.3 is 0 Å². The first-order valence-corrected chi connectivity index (χ1v) is 7.67. The maximum Gasteiger partial charge on any atom is 0.0476 e. The zero-order chi connectivity index (χ0) is 11.4. The molecule has 2 aliphatic rings. The van der Waals surface area contributed by atoms with Crippen molar-refractivity contribution in [3.05, 3.63) is 0 Å². The normalized spacial score (nSPS) is 37.5. The van der Waals surface area contributed by atoms with Gasteiger partial charge in [0.05, 0.1) is 0 Å². The van der Waals surface area contributed by atoms with Crippen LogP contribution in [0.4, 0.5) is 0 Å². The Balaban J connectivity index is 1.84. The van der Waals surface area contributed by atoms with Crippen molar-refractivity contribution in [1.29, 1.82) is 0 Å². The Labute approximate surface area is 104 Å². The molecule has 2 N–H and O–H groups in total. The molecule has 3 unspecified atom stereocenters. The van der Waals surface area contributed by atoms with Crippen LogP contribution in [0.2, 0.25) is 0 Å². The predicted octanol–water partition coefficient (Wildman–Crippen LogP) is 2.66. The van der Waals surface area contributed by atoms with E-state index in [2.05, 4.69) is 18.7 Å². The first-order valence-electron chi connectivity index (χ1n) is 6.73. The highest BCUT2D eigenvalue weighted by molar-refractivity contribution is 8.00. The highest BCUT2D eigenvalue weighted by Gasteiger charge is 2.30. The second-order valence-electron chi connectivity index (χ2n) is 5.40. The third kappa shape index (κ3) is 3.38. The van der Waals surface area contributed by atoms with Crippen LogP contribution in [0.5, 0.6) is 0 Å². The molecule has 1 saturated heterocycles. The quantitative estimate of drug-likeness (QED) is 0.827. The molecule has 2 fully saturated rings. The lowest BCUT2D eigenvalue weighted by Crippen LogP contribution is -2.34. The maximum atomic E-state index is 5.91. The van der Waals surface area contributed by atoms with Crippen LogP contribution in [0, 0.1) is 11.8 Å². The van der Waals surface area contributed by atoms with Gasteiger partial charge in [0, 0.05) is 23.7 Å². The summed E-state index contributed by atoms with van der Waals surface area (Å²) in [4.78, 5) is 0. The molecule has 1 aliphatic carbocycles. The number of rotatable bonds is 3. The molecule has 0 amide bonds. The molecule has 16 heavy (non-hydrogen) atoms. The van der Waals surface area contributed by atoms with Gasteiger partial charge in [-0.05, 0) is 44.1 Å². The van der Waals surface area contributed by atoms with E-state index in [0.29, 0.717) is 0 Å². The lowest BCUT2D eigenvalue weighted by Gasteiger charge is -2.36. The van der Waals surface area contributed by atoms with Crippen molar-refractivity contribution in [3.63, 3.8) is 0 Å². The molecule has 0 aromatic heterocycles. The zero-order valence-electron chi connectivity index (χ0n) is 10.4. The summed E-state index contributed by atoms with van der Waals surface area (Å²) in [6, 6.07) is 0. The molecule has 0 aromatic rings. The number of thioether (sulfide) groups is 1. The Hall–Kier alpha value is 0.270. The van der Waals surface area contributed by atoms with Crippen LogP contribution in [0.15, 0.2) is 0 Å². The highest BCUT2D eigenvalue weighted by Crippen LogP contribution is 2.39. The SMILES string of the molecule is CC1CCC(CN)C(SC2CCOCC2)C1. The van der Waals surface area contributed by atoms with Crippen molar-refractivity contribution in [3.8, 4) is 0 Å². The monoisotopic (exact) mass is 243 g/mol. The van der Waals surface area contributed by atoms with Crippen molar-refractivity contribution in [2.24, 2.45) is 17.6 Å². The van der Waals surface area contributed by atoms with Gasteiger partial charge in [-0.3, -0.25) is 0 Å². The largest absolute Gasteiger partial charge is 0.381 e. The molecular formula is C13H25NOS. The second kappa shape index (κ2) is 6.27. The van der Waals surface area contributed by atoms with Crippen molar-refractivity contribution in [1.82, 2.24) is 0 Å². The Bertz CT molecular complexity index is 206. The van der Waals surface area contributed by atoms with Gasteiger partial charge in [0.2, 0.25) is 0 Å². The Kier molecular flexibility index (Phi) is 4.98. The predicted molar refractivity (Wildman–Crippen MR) is 70.8 cm³/mol. The van der Waals surface area contributed by atoms with E-state index >= 15 is 0 Å². The summed E-state index contributed by atoms with van der Waals surface area (Å²) < 4.78 is 5.43. The van der Waals surface area contributed by atoms with Crippen LogP contribution < -0.4 is 5.73 Å². The van der Waals surface area contributed by atoms with Crippen LogP contribution in [-0.4, -0.2) is 30.3 Å².